The van der Waals surface area contributed by atoms with Gasteiger partial charge in [0.1, 0.15) is 28.2 Å². The number of nitrogens with one attached hydrogen (secondary N) is 2. The minimum Gasteiger partial charge on any atom is -0.406 e. The van der Waals surface area contributed by atoms with Crippen molar-refractivity contribution in [3.63, 3.8) is 0 Å². The summed E-state index contributed by atoms with van der Waals surface area (Å²) < 4.78 is 42.5. The number of rotatable bonds is 9. The first-order valence-electron chi connectivity index (χ1n) is 13.3. The SMILES string of the molecule is CCc1nccc2sc(-c3c(C)nc(N[C@H](C)c4ccc(OC(F)(F)F)cc4)nc3NC3C[C@H](CO)C(=O)[C@H]3O)nc12. The average molecular weight is 603 g/mol. The molecule has 0 saturated heterocycles. The van der Waals surface area contributed by atoms with Gasteiger partial charge in [0, 0.05) is 12.1 Å². The molecule has 1 aliphatic carbocycles. The highest BCUT2D eigenvalue weighted by Gasteiger charge is 2.41. The molecule has 4 aromatic rings. The molecule has 222 valence electrons. The number of hydrogen-bond donors (Lipinski definition) is 4. The molecule has 0 aliphatic heterocycles. The Bertz CT molecular complexity index is 1600. The summed E-state index contributed by atoms with van der Waals surface area (Å²) in [4.78, 5) is 31.0. The van der Waals surface area contributed by atoms with E-state index in [1.54, 1.807) is 20.0 Å². The highest BCUT2D eigenvalue weighted by Crippen LogP contribution is 2.38. The number of aromatic nitrogens is 4. The van der Waals surface area contributed by atoms with Crippen LogP contribution in [-0.2, 0) is 11.2 Å². The maximum Gasteiger partial charge on any atom is 0.573 e. The van der Waals surface area contributed by atoms with Crippen molar-refractivity contribution in [3.8, 4) is 16.3 Å². The fourth-order valence-corrected chi connectivity index (χ4v) is 6.06. The van der Waals surface area contributed by atoms with Crippen LogP contribution in [0.15, 0.2) is 36.5 Å². The number of thiazole rings is 1. The van der Waals surface area contributed by atoms with Crippen molar-refractivity contribution < 1.29 is 32.9 Å². The van der Waals surface area contributed by atoms with Gasteiger partial charge in [-0.25, -0.2) is 9.97 Å². The van der Waals surface area contributed by atoms with Gasteiger partial charge < -0.3 is 25.6 Å². The molecule has 1 aromatic carbocycles. The number of ketones is 1. The Hall–Kier alpha value is -3.88. The lowest BCUT2D eigenvalue weighted by Gasteiger charge is -2.21. The van der Waals surface area contributed by atoms with E-state index in [4.69, 9.17) is 4.98 Å². The van der Waals surface area contributed by atoms with Gasteiger partial charge in [-0.05, 0) is 50.5 Å². The smallest absolute Gasteiger partial charge is 0.406 e. The van der Waals surface area contributed by atoms with Crippen molar-refractivity contribution in [2.75, 3.05) is 17.2 Å². The number of carbonyl (C=O) groups excluding carboxylic acids is 1. The number of nitrogens with zero attached hydrogens (tertiary/aromatic N) is 4. The first-order chi connectivity index (χ1) is 20.0. The Morgan fingerprint density at radius 1 is 1.17 bits per heavy atom. The van der Waals surface area contributed by atoms with E-state index in [1.807, 2.05) is 13.0 Å². The molecule has 1 fully saturated rings. The second-order valence-electron chi connectivity index (χ2n) is 10.0. The van der Waals surface area contributed by atoms with Gasteiger partial charge in [0.15, 0.2) is 5.78 Å². The molecule has 0 radical (unpaired) electrons. The summed E-state index contributed by atoms with van der Waals surface area (Å²) in [5, 5.41) is 27.2. The summed E-state index contributed by atoms with van der Waals surface area (Å²) in [5.74, 6) is -0.898. The maximum absolute atomic E-state index is 12.5. The minimum absolute atomic E-state index is 0.217. The second kappa shape index (κ2) is 11.8. The summed E-state index contributed by atoms with van der Waals surface area (Å²) in [6.45, 7) is 5.22. The third kappa shape index (κ3) is 6.15. The summed E-state index contributed by atoms with van der Waals surface area (Å²) in [5.41, 5.74) is 3.45. The van der Waals surface area contributed by atoms with Crippen LogP contribution < -0.4 is 15.4 Å². The number of anilines is 2. The molecule has 0 amide bonds. The predicted molar refractivity (Wildman–Crippen MR) is 151 cm³/mol. The van der Waals surface area contributed by atoms with Crippen molar-refractivity contribution in [2.24, 2.45) is 5.92 Å². The zero-order chi connectivity index (χ0) is 30.2. The molecule has 3 heterocycles. The van der Waals surface area contributed by atoms with Gasteiger partial charge in [0.05, 0.1) is 40.3 Å². The zero-order valence-electron chi connectivity index (χ0n) is 22.9. The lowest BCUT2D eigenvalue weighted by molar-refractivity contribution is -0.274. The van der Waals surface area contributed by atoms with Crippen molar-refractivity contribution >= 4 is 39.1 Å². The van der Waals surface area contributed by atoms with Crippen LogP contribution in [0.4, 0.5) is 24.9 Å². The Kier molecular flexibility index (Phi) is 8.30. The van der Waals surface area contributed by atoms with Crippen molar-refractivity contribution in [1.82, 2.24) is 19.9 Å². The van der Waals surface area contributed by atoms with E-state index < -0.39 is 36.3 Å². The third-order valence-corrected chi connectivity index (χ3v) is 8.18. The fourth-order valence-electron chi connectivity index (χ4n) is 4.98. The molecular formula is C28H29F3N6O4S. The number of Topliss-reactive ketones (excluding diaryl/α,β-unsaturated/α-hetero) is 1. The van der Waals surface area contributed by atoms with E-state index in [9.17, 15) is 28.2 Å². The number of aryl methyl sites for hydroxylation is 2. The number of benzene rings is 1. The highest BCUT2D eigenvalue weighted by atomic mass is 32.1. The topological polar surface area (TPSA) is 142 Å². The summed E-state index contributed by atoms with van der Waals surface area (Å²) in [6.07, 6.45) is -3.46. The third-order valence-electron chi connectivity index (χ3n) is 7.14. The molecule has 4 N–H and O–H groups in total. The fraction of sp³-hybridized carbons (Fsp3) is 0.393. The van der Waals surface area contributed by atoms with Gasteiger partial charge >= 0.3 is 6.36 Å². The normalized spacial score (nSPS) is 19.7. The van der Waals surface area contributed by atoms with E-state index in [1.165, 1.54) is 35.6 Å². The maximum atomic E-state index is 12.5. The molecule has 42 heavy (non-hydrogen) atoms. The van der Waals surface area contributed by atoms with Crippen LogP contribution in [0.5, 0.6) is 5.75 Å². The standard InChI is InChI=1S/C28H29F3N6O4S/c1-4-18-22-20(9-10-32-18)42-26(36-22)21-14(3)34-27(37-25(21)35-19-11-16(12-38)23(39)24(19)40)33-13(2)15-5-7-17(8-6-15)41-28(29,30)31/h5-10,13,16,19,24,38,40H,4,11-12H2,1-3H3,(H2,33,34,35,37)/t13-,16-,19?,24+/m1/s1. The summed E-state index contributed by atoms with van der Waals surface area (Å²) in [7, 11) is 0. The molecule has 1 aliphatic rings. The molecule has 1 saturated carbocycles. The van der Waals surface area contributed by atoms with Gasteiger partial charge in [-0.3, -0.25) is 9.78 Å². The summed E-state index contributed by atoms with van der Waals surface area (Å²) in [6, 6.07) is 6.26. The van der Waals surface area contributed by atoms with E-state index in [0.29, 0.717) is 34.1 Å². The van der Waals surface area contributed by atoms with Crippen LogP contribution in [0, 0.1) is 12.8 Å². The number of hydrogen-bond acceptors (Lipinski definition) is 11. The number of ether oxygens (including phenoxy) is 1. The van der Waals surface area contributed by atoms with Crippen molar-refractivity contribution in [2.45, 2.75) is 58.2 Å². The predicted octanol–water partition coefficient (Wildman–Crippen LogP) is 4.81. The van der Waals surface area contributed by atoms with Gasteiger partial charge in [0.25, 0.3) is 0 Å². The number of alkyl halides is 3. The number of aliphatic hydroxyl groups excluding tert-OH is 2. The van der Waals surface area contributed by atoms with Crippen LogP contribution in [0.2, 0.25) is 0 Å². The van der Waals surface area contributed by atoms with Gasteiger partial charge in [0.2, 0.25) is 5.95 Å². The Balaban J connectivity index is 1.49. The number of fused-ring (bicyclic) bond motifs is 1. The summed E-state index contributed by atoms with van der Waals surface area (Å²) >= 11 is 1.44. The monoisotopic (exact) mass is 602 g/mol. The Labute approximate surface area is 243 Å². The average Bonchev–Trinajstić information content (AvgIpc) is 3.48. The Morgan fingerprint density at radius 2 is 1.90 bits per heavy atom. The number of pyridine rings is 1. The molecule has 3 aromatic heterocycles. The van der Waals surface area contributed by atoms with E-state index in [-0.39, 0.29) is 24.7 Å². The van der Waals surface area contributed by atoms with E-state index in [0.717, 1.165) is 15.9 Å². The lowest BCUT2D eigenvalue weighted by atomic mass is 10.1. The number of carbonyl (C=O) groups is 1. The number of aliphatic hydroxyl groups is 2. The second-order valence-corrected chi connectivity index (χ2v) is 11.1. The largest absolute Gasteiger partial charge is 0.573 e. The van der Waals surface area contributed by atoms with Gasteiger partial charge in [-0.2, -0.15) is 4.98 Å². The van der Waals surface area contributed by atoms with Crippen LogP contribution in [0.3, 0.4) is 0 Å². The molecule has 0 spiro atoms. The quantitative estimate of drug-likeness (QED) is 0.211. The molecular weight excluding hydrogens is 573 g/mol. The van der Waals surface area contributed by atoms with Crippen LogP contribution >= 0.6 is 11.3 Å². The molecule has 14 heteroatoms. The van der Waals surface area contributed by atoms with E-state index >= 15 is 0 Å². The van der Waals surface area contributed by atoms with Crippen LogP contribution in [-0.4, -0.2) is 61.0 Å². The van der Waals surface area contributed by atoms with Crippen LogP contribution in [0.1, 0.15) is 43.3 Å². The molecule has 5 rings (SSSR count). The lowest BCUT2D eigenvalue weighted by Crippen LogP contribution is -2.33. The molecule has 1 unspecified atom stereocenters. The molecule has 10 nitrogen and oxygen atoms in total. The van der Waals surface area contributed by atoms with Crippen molar-refractivity contribution in [1.29, 1.82) is 0 Å². The van der Waals surface area contributed by atoms with Gasteiger partial charge in [-0.15, -0.1) is 24.5 Å². The zero-order valence-corrected chi connectivity index (χ0v) is 23.8. The first kappa shape index (κ1) is 29.6. The Morgan fingerprint density at radius 3 is 2.55 bits per heavy atom. The highest BCUT2D eigenvalue weighted by molar-refractivity contribution is 7.21. The minimum atomic E-state index is -4.78. The number of halogens is 3. The molecule has 0 bridgehead atoms. The molecule has 4 atom stereocenters. The first-order valence-corrected chi connectivity index (χ1v) is 14.1. The van der Waals surface area contributed by atoms with E-state index in [2.05, 4.69) is 30.3 Å². The van der Waals surface area contributed by atoms with Crippen molar-refractivity contribution in [3.05, 3.63) is 53.5 Å². The van der Waals surface area contributed by atoms with Gasteiger partial charge in [-0.1, -0.05) is 19.1 Å². The van der Waals surface area contributed by atoms with Crippen LogP contribution in [0.25, 0.3) is 20.8 Å².